The van der Waals surface area contributed by atoms with Crippen molar-refractivity contribution < 1.29 is 4.79 Å². The number of ketones is 1. The molecule has 2 heterocycles. The van der Waals surface area contributed by atoms with Crippen LogP contribution in [0.1, 0.15) is 13.3 Å². The van der Waals surface area contributed by atoms with Gasteiger partial charge in [-0.05, 0) is 19.1 Å². The number of carbonyl (C=O) groups excluding carboxylic acids is 1. The Hall–Kier alpha value is -1.95. The van der Waals surface area contributed by atoms with Crippen LogP contribution in [0.4, 0.5) is 0 Å². The van der Waals surface area contributed by atoms with Gasteiger partial charge in [0, 0.05) is 36.7 Å². The minimum absolute atomic E-state index is 0.182. The normalized spacial score (nSPS) is 10.4. The third-order valence-corrected chi connectivity index (χ3v) is 3.62. The van der Waals surface area contributed by atoms with E-state index >= 15 is 0 Å². The zero-order valence-electron chi connectivity index (χ0n) is 11.3. The average Bonchev–Trinajstić information content (AvgIpc) is 2.83. The summed E-state index contributed by atoms with van der Waals surface area (Å²) in [5.74, 6) is 1.68. The molecular formula is C14H16N4OS. The number of aromatic nitrogens is 4. The van der Waals surface area contributed by atoms with Gasteiger partial charge in [0.2, 0.25) is 0 Å². The number of allylic oxidation sites excluding steroid dienone is 1. The van der Waals surface area contributed by atoms with Crippen LogP contribution in [0.5, 0.6) is 0 Å². The molecule has 0 aliphatic carbocycles. The van der Waals surface area contributed by atoms with Crippen molar-refractivity contribution in [2.75, 3.05) is 5.75 Å². The van der Waals surface area contributed by atoms with Gasteiger partial charge in [-0.1, -0.05) is 17.8 Å². The molecule has 0 radical (unpaired) electrons. The van der Waals surface area contributed by atoms with Crippen LogP contribution < -0.4 is 0 Å². The summed E-state index contributed by atoms with van der Waals surface area (Å²) in [6.07, 6.45) is 5.80. The zero-order valence-corrected chi connectivity index (χ0v) is 12.1. The fourth-order valence-electron chi connectivity index (χ4n) is 1.69. The van der Waals surface area contributed by atoms with E-state index in [4.69, 9.17) is 0 Å². The van der Waals surface area contributed by atoms with Gasteiger partial charge in [0.25, 0.3) is 0 Å². The van der Waals surface area contributed by atoms with E-state index in [9.17, 15) is 4.79 Å². The van der Waals surface area contributed by atoms with Crippen LogP contribution >= 0.6 is 11.8 Å². The molecular weight excluding hydrogens is 272 g/mol. The van der Waals surface area contributed by atoms with Gasteiger partial charge in [-0.3, -0.25) is 14.3 Å². The second kappa shape index (κ2) is 7.00. The van der Waals surface area contributed by atoms with Gasteiger partial charge in [-0.25, -0.2) is 0 Å². The number of nitrogens with zero attached hydrogens (tertiary/aromatic N) is 4. The van der Waals surface area contributed by atoms with Crippen molar-refractivity contribution in [1.82, 2.24) is 19.7 Å². The average molecular weight is 288 g/mol. The predicted molar refractivity (Wildman–Crippen MR) is 79.5 cm³/mol. The van der Waals surface area contributed by atoms with Gasteiger partial charge in [0.1, 0.15) is 5.78 Å². The topological polar surface area (TPSA) is 60.7 Å². The third-order valence-electron chi connectivity index (χ3n) is 2.65. The summed E-state index contributed by atoms with van der Waals surface area (Å²) in [5.41, 5.74) is 0.966. The Morgan fingerprint density at radius 2 is 2.15 bits per heavy atom. The van der Waals surface area contributed by atoms with E-state index in [-0.39, 0.29) is 5.78 Å². The molecule has 2 aromatic heterocycles. The lowest BCUT2D eigenvalue weighted by Gasteiger charge is -2.07. The number of pyridine rings is 1. The van der Waals surface area contributed by atoms with Gasteiger partial charge in [0.05, 0.1) is 0 Å². The van der Waals surface area contributed by atoms with Crippen LogP contribution in [0.25, 0.3) is 11.4 Å². The van der Waals surface area contributed by atoms with Gasteiger partial charge in [0.15, 0.2) is 11.0 Å². The number of thioether (sulfide) groups is 1. The SMILES string of the molecule is C=CCn1c(SCCC(C)=O)nnc1-c1ccncc1. The van der Waals surface area contributed by atoms with Gasteiger partial charge in [-0.2, -0.15) is 0 Å². The fraction of sp³-hybridized carbons (Fsp3) is 0.286. The summed E-state index contributed by atoms with van der Waals surface area (Å²) in [5, 5.41) is 9.24. The van der Waals surface area contributed by atoms with Crippen LogP contribution in [0.15, 0.2) is 42.3 Å². The first-order valence-corrected chi connectivity index (χ1v) is 7.27. The smallest absolute Gasteiger partial charge is 0.191 e. The van der Waals surface area contributed by atoms with Crippen LogP contribution in [0.3, 0.4) is 0 Å². The Labute approximate surface area is 122 Å². The Balaban J connectivity index is 2.23. The van der Waals surface area contributed by atoms with Crippen molar-refractivity contribution in [3.8, 4) is 11.4 Å². The molecule has 0 aromatic carbocycles. The Morgan fingerprint density at radius 1 is 1.40 bits per heavy atom. The van der Waals surface area contributed by atoms with Crippen molar-refractivity contribution in [2.24, 2.45) is 0 Å². The van der Waals surface area contributed by atoms with E-state index in [1.54, 1.807) is 19.3 Å². The molecule has 0 aliphatic rings. The molecule has 6 heteroatoms. The number of Topliss-reactive ketones (excluding diaryl/α,β-unsaturated/α-hetero) is 1. The number of hydrogen-bond donors (Lipinski definition) is 0. The van der Waals surface area contributed by atoms with E-state index in [1.807, 2.05) is 22.8 Å². The summed E-state index contributed by atoms with van der Waals surface area (Å²) >= 11 is 1.54. The van der Waals surface area contributed by atoms with Crippen molar-refractivity contribution in [2.45, 2.75) is 25.0 Å². The molecule has 0 aliphatic heterocycles. The monoisotopic (exact) mass is 288 g/mol. The van der Waals surface area contributed by atoms with Gasteiger partial charge in [-0.15, -0.1) is 16.8 Å². The van der Waals surface area contributed by atoms with Gasteiger partial charge < -0.3 is 0 Å². The summed E-state index contributed by atoms with van der Waals surface area (Å²) in [6, 6.07) is 3.79. The third kappa shape index (κ3) is 3.54. The van der Waals surface area contributed by atoms with Crippen LogP contribution in [0.2, 0.25) is 0 Å². The highest BCUT2D eigenvalue weighted by Crippen LogP contribution is 2.24. The molecule has 0 atom stereocenters. The maximum atomic E-state index is 11.0. The first-order valence-electron chi connectivity index (χ1n) is 6.29. The number of hydrogen-bond acceptors (Lipinski definition) is 5. The first-order chi connectivity index (χ1) is 9.72. The molecule has 0 saturated carbocycles. The molecule has 20 heavy (non-hydrogen) atoms. The lowest BCUT2D eigenvalue weighted by Crippen LogP contribution is -2.01. The molecule has 2 aromatic rings. The second-order valence-electron chi connectivity index (χ2n) is 4.24. The highest BCUT2D eigenvalue weighted by atomic mass is 32.2. The highest BCUT2D eigenvalue weighted by molar-refractivity contribution is 7.99. The molecule has 0 bridgehead atoms. The minimum Gasteiger partial charge on any atom is -0.300 e. The fourth-order valence-corrected chi connectivity index (χ4v) is 2.68. The molecule has 0 spiro atoms. The molecule has 0 saturated heterocycles. The zero-order chi connectivity index (χ0) is 14.4. The van der Waals surface area contributed by atoms with Crippen LogP contribution in [0, 0.1) is 0 Å². The second-order valence-corrected chi connectivity index (χ2v) is 5.30. The number of carbonyl (C=O) groups is 1. The standard InChI is InChI=1S/C14H16N4OS/c1-3-9-18-13(12-4-7-15-8-5-12)16-17-14(18)20-10-6-11(2)19/h3-5,7-8H,1,6,9-10H2,2H3. The molecule has 0 unspecified atom stereocenters. The predicted octanol–water partition coefficient (Wildman–Crippen LogP) is 2.60. The largest absolute Gasteiger partial charge is 0.300 e. The first kappa shape index (κ1) is 14.5. The molecule has 0 amide bonds. The molecule has 104 valence electrons. The molecule has 2 rings (SSSR count). The van der Waals surface area contributed by atoms with Crippen molar-refractivity contribution in [3.63, 3.8) is 0 Å². The highest BCUT2D eigenvalue weighted by Gasteiger charge is 2.13. The van der Waals surface area contributed by atoms with E-state index in [0.29, 0.717) is 18.7 Å². The lowest BCUT2D eigenvalue weighted by atomic mass is 10.2. The van der Waals surface area contributed by atoms with E-state index in [0.717, 1.165) is 16.5 Å². The van der Waals surface area contributed by atoms with Gasteiger partial charge >= 0.3 is 0 Å². The van der Waals surface area contributed by atoms with Crippen LogP contribution in [-0.2, 0) is 11.3 Å². The van der Waals surface area contributed by atoms with E-state index in [1.165, 1.54) is 11.8 Å². The summed E-state index contributed by atoms with van der Waals surface area (Å²) in [7, 11) is 0. The van der Waals surface area contributed by atoms with Crippen LogP contribution in [-0.4, -0.2) is 31.3 Å². The Bertz CT molecular complexity index is 594. The number of rotatable bonds is 7. The summed E-state index contributed by atoms with van der Waals surface area (Å²) in [4.78, 5) is 15.0. The van der Waals surface area contributed by atoms with E-state index < -0.39 is 0 Å². The van der Waals surface area contributed by atoms with E-state index in [2.05, 4.69) is 21.8 Å². The molecule has 0 fully saturated rings. The van der Waals surface area contributed by atoms with Crippen molar-refractivity contribution in [3.05, 3.63) is 37.2 Å². The Morgan fingerprint density at radius 3 is 2.80 bits per heavy atom. The summed E-state index contributed by atoms with van der Waals surface area (Å²) < 4.78 is 1.99. The van der Waals surface area contributed by atoms with Crippen molar-refractivity contribution >= 4 is 17.5 Å². The summed E-state index contributed by atoms with van der Waals surface area (Å²) in [6.45, 7) is 5.99. The molecule has 5 nitrogen and oxygen atoms in total. The lowest BCUT2D eigenvalue weighted by molar-refractivity contribution is -0.116. The molecule has 0 N–H and O–H groups in total. The minimum atomic E-state index is 0.182. The maximum absolute atomic E-state index is 11.0. The maximum Gasteiger partial charge on any atom is 0.191 e. The quantitative estimate of drug-likeness (QED) is 0.579. The van der Waals surface area contributed by atoms with Crippen molar-refractivity contribution in [1.29, 1.82) is 0 Å². The Kier molecular flexibility index (Phi) is 5.06.